The molecule has 0 unspecified atom stereocenters. The van der Waals surface area contributed by atoms with Gasteiger partial charge in [0.05, 0.1) is 11.4 Å². The number of hydrogen-bond donors (Lipinski definition) is 1. The largest absolute Gasteiger partial charge is 0.398 e. The van der Waals surface area contributed by atoms with E-state index in [2.05, 4.69) is 4.99 Å². The maximum absolute atomic E-state index is 13.1. The van der Waals surface area contributed by atoms with Crippen LogP contribution in [0, 0.1) is 5.82 Å². The fraction of sp³-hybridized carbons (Fsp3) is 0.300. The van der Waals surface area contributed by atoms with Gasteiger partial charge in [0.25, 0.3) is 0 Å². The molecular weight excluding hydrogens is 256 g/mol. The monoisotopic (exact) mass is 266 g/mol. The predicted octanol–water partition coefficient (Wildman–Crippen LogP) is 3.11. The topological polar surface area (TPSA) is 38.4 Å². The van der Waals surface area contributed by atoms with Gasteiger partial charge >= 0.3 is 6.18 Å². The first kappa shape index (κ1) is 13.8. The molecule has 0 aliphatic rings. The lowest BCUT2D eigenvalue weighted by Gasteiger charge is -2.09. The summed E-state index contributed by atoms with van der Waals surface area (Å²) < 4.78 is 49.4. The first-order valence-electron chi connectivity index (χ1n) is 4.54. The van der Waals surface area contributed by atoms with Crippen molar-refractivity contribution in [2.24, 2.45) is 4.99 Å². The number of aliphatic imine (C=N–C) groups is 1. The Hall–Kier alpha value is -1.24. The van der Waals surface area contributed by atoms with Crippen molar-refractivity contribution in [3.8, 4) is 0 Å². The van der Waals surface area contributed by atoms with E-state index < -0.39 is 17.7 Å². The average Bonchev–Trinajstić information content (AvgIpc) is 2.20. The van der Waals surface area contributed by atoms with Crippen LogP contribution in [0.5, 0.6) is 0 Å². The standard InChI is InChI=1S/C10H10F4N2S/c1-16-4-6-2-7(11)8(15)3-9(6)17-5-10(12,13)14/h2-4H,5,15H2,1H3. The number of nitrogens with two attached hydrogens (primary N) is 1. The van der Waals surface area contributed by atoms with Crippen LogP contribution < -0.4 is 5.73 Å². The van der Waals surface area contributed by atoms with Crippen molar-refractivity contribution in [1.29, 1.82) is 0 Å². The molecule has 0 aliphatic heterocycles. The van der Waals surface area contributed by atoms with Crippen molar-refractivity contribution in [2.45, 2.75) is 11.1 Å². The highest BCUT2D eigenvalue weighted by Gasteiger charge is 2.27. The van der Waals surface area contributed by atoms with Gasteiger partial charge in [-0.2, -0.15) is 13.2 Å². The van der Waals surface area contributed by atoms with Crippen LogP contribution in [0.2, 0.25) is 0 Å². The van der Waals surface area contributed by atoms with Crippen LogP contribution in [0.25, 0.3) is 0 Å². The number of thioether (sulfide) groups is 1. The lowest BCUT2D eigenvalue weighted by atomic mass is 10.2. The number of nitrogens with zero attached hydrogens (tertiary/aromatic N) is 1. The van der Waals surface area contributed by atoms with E-state index >= 15 is 0 Å². The van der Waals surface area contributed by atoms with Gasteiger partial charge < -0.3 is 5.73 Å². The molecule has 0 aromatic heterocycles. The van der Waals surface area contributed by atoms with E-state index in [1.807, 2.05) is 0 Å². The van der Waals surface area contributed by atoms with E-state index in [1.54, 1.807) is 0 Å². The van der Waals surface area contributed by atoms with Gasteiger partial charge in [0.2, 0.25) is 0 Å². The van der Waals surface area contributed by atoms with Crippen molar-refractivity contribution in [3.63, 3.8) is 0 Å². The summed E-state index contributed by atoms with van der Waals surface area (Å²) in [5.74, 6) is -1.72. The third-order valence-corrected chi connectivity index (χ3v) is 2.92. The van der Waals surface area contributed by atoms with Gasteiger partial charge in [-0.1, -0.05) is 0 Å². The predicted molar refractivity (Wildman–Crippen MR) is 61.1 cm³/mol. The zero-order valence-electron chi connectivity index (χ0n) is 8.88. The van der Waals surface area contributed by atoms with Crippen LogP contribution in [0.3, 0.4) is 0 Å². The molecule has 0 bridgehead atoms. The van der Waals surface area contributed by atoms with Crippen molar-refractivity contribution in [2.75, 3.05) is 18.5 Å². The van der Waals surface area contributed by atoms with E-state index in [-0.39, 0.29) is 16.1 Å². The minimum absolute atomic E-state index is 0.178. The molecule has 0 amide bonds. The molecule has 0 saturated carbocycles. The molecule has 94 valence electrons. The Balaban J connectivity index is 3.00. The molecule has 0 saturated heterocycles. The van der Waals surface area contributed by atoms with E-state index in [4.69, 9.17) is 5.73 Å². The van der Waals surface area contributed by atoms with Gasteiger partial charge in [-0.25, -0.2) is 4.39 Å². The molecule has 2 nitrogen and oxygen atoms in total. The molecule has 1 rings (SSSR count). The summed E-state index contributed by atoms with van der Waals surface area (Å²) in [6, 6.07) is 2.25. The second kappa shape index (κ2) is 5.39. The van der Waals surface area contributed by atoms with E-state index in [0.29, 0.717) is 11.8 Å². The fourth-order valence-electron chi connectivity index (χ4n) is 1.11. The van der Waals surface area contributed by atoms with Crippen LogP contribution in [0.4, 0.5) is 23.2 Å². The molecule has 1 aromatic carbocycles. The highest BCUT2D eigenvalue weighted by molar-refractivity contribution is 7.99. The molecule has 17 heavy (non-hydrogen) atoms. The average molecular weight is 266 g/mol. The SMILES string of the molecule is CN=Cc1cc(F)c(N)cc1SCC(F)(F)F. The Bertz CT molecular complexity index is 429. The lowest BCUT2D eigenvalue weighted by Crippen LogP contribution is -2.11. The highest BCUT2D eigenvalue weighted by atomic mass is 32.2. The molecule has 0 aliphatic carbocycles. The first-order chi connectivity index (χ1) is 7.83. The third kappa shape index (κ3) is 4.26. The quantitative estimate of drug-likeness (QED) is 0.395. The molecule has 7 heteroatoms. The molecule has 0 atom stereocenters. The summed E-state index contributed by atoms with van der Waals surface area (Å²) in [5.41, 5.74) is 5.42. The fourth-order valence-corrected chi connectivity index (χ4v) is 1.92. The third-order valence-electron chi connectivity index (χ3n) is 1.79. The second-order valence-corrected chi connectivity index (χ2v) is 4.22. The van der Waals surface area contributed by atoms with Gasteiger partial charge in [-0.3, -0.25) is 4.99 Å². The van der Waals surface area contributed by atoms with Crippen LogP contribution >= 0.6 is 11.8 Å². The number of benzene rings is 1. The second-order valence-electron chi connectivity index (χ2n) is 3.20. The highest BCUT2D eigenvalue weighted by Crippen LogP contribution is 2.31. The Morgan fingerprint density at radius 1 is 1.41 bits per heavy atom. The van der Waals surface area contributed by atoms with Crippen LogP contribution in [0.15, 0.2) is 22.0 Å². The van der Waals surface area contributed by atoms with Gasteiger partial charge in [0, 0.05) is 23.7 Å². The zero-order chi connectivity index (χ0) is 13.1. The first-order valence-corrected chi connectivity index (χ1v) is 5.53. The van der Waals surface area contributed by atoms with Gasteiger partial charge in [-0.15, -0.1) is 11.8 Å². The van der Waals surface area contributed by atoms with Gasteiger partial charge in [-0.05, 0) is 12.1 Å². The number of rotatable bonds is 3. The Morgan fingerprint density at radius 3 is 2.59 bits per heavy atom. The Kier molecular flexibility index (Phi) is 4.39. The Labute approximate surface area is 99.9 Å². The molecule has 0 heterocycles. The summed E-state index contributed by atoms with van der Waals surface area (Å²) in [5, 5.41) is 0. The molecular formula is C10H10F4N2S. The molecule has 0 fully saturated rings. The Morgan fingerprint density at radius 2 is 2.06 bits per heavy atom. The summed E-state index contributed by atoms with van der Waals surface area (Å²) in [4.78, 5) is 3.91. The van der Waals surface area contributed by atoms with Crippen molar-refractivity contribution in [1.82, 2.24) is 0 Å². The summed E-state index contributed by atoms with van der Waals surface area (Å²) in [6.07, 6.45) is -2.99. The minimum atomic E-state index is -4.28. The zero-order valence-corrected chi connectivity index (χ0v) is 9.70. The number of anilines is 1. The molecule has 0 spiro atoms. The van der Waals surface area contributed by atoms with Crippen molar-refractivity contribution >= 4 is 23.7 Å². The van der Waals surface area contributed by atoms with E-state index in [9.17, 15) is 17.6 Å². The van der Waals surface area contributed by atoms with Crippen molar-refractivity contribution < 1.29 is 17.6 Å². The van der Waals surface area contributed by atoms with Crippen LogP contribution in [-0.2, 0) is 0 Å². The minimum Gasteiger partial charge on any atom is -0.396 e. The number of halogens is 4. The van der Waals surface area contributed by atoms with Crippen LogP contribution in [0.1, 0.15) is 5.56 Å². The molecule has 1 aromatic rings. The summed E-state index contributed by atoms with van der Waals surface area (Å²) >= 11 is 0.554. The van der Waals surface area contributed by atoms with Gasteiger partial charge in [0.1, 0.15) is 5.82 Å². The van der Waals surface area contributed by atoms with E-state index in [0.717, 1.165) is 6.07 Å². The maximum Gasteiger partial charge on any atom is 0.398 e. The molecule has 0 radical (unpaired) electrons. The van der Waals surface area contributed by atoms with Crippen molar-refractivity contribution in [3.05, 3.63) is 23.5 Å². The molecule has 2 N–H and O–H groups in total. The summed E-state index contributed by atoms with van der Waals surface area (Å²) in [6.45, 7) is 0. The summed E-state index contributed by atoms with van der Waals surface area (Å²) in [7, 11) is 1.45. The number of hydrogen-bond acceptors (Lipinski definition) is 3. The normalized spacial score (nSPS) is 12.3. The lowest BCUT2D eigenvalue weighted by molar-refractivity contribution is -0.105. The number of nitrogen functional groups attached to an aromatic ring is 1. The van der Waals surface area contributed by atoms with Crippen LogP contribution in [-0.4, -0.2) is 25.2 Å². The number of alkyl halides is 3. The maximum atomic E-state index is 13.1. The smallest absolute Gasteiger partial charge is 0.396 e. The van der Waals surface area contributed by atoms with E-state index in [1.165, 1.54) is 19.3 Å². The van der Waals surface area contributed by atoms with Gasteiger partial charge in [0.15, 0.2) is 0 Å².